The second kappa shape index (κ2) is 8.35. The van der Waals surface area contributed by atoms with Crippen LogP contribution in [0.3, 0.4) is 0 Å². The van der Waals surface area contributed by atoms with Gasteiger partial charge in [0.2, 0.25) is 0 Å². The third-order valence-electron chi connectivity index (χ3n) is 3.60. The number of ether oxygens (including phenoxy) is 1. The molecular weight excluding hydrogens is 389 g/mol. The minimum Gasteiger partial charge on any atom is -0.406 e. The van der Waals surface area contributed by atoms with Crippen molar-refractivity contribution in [3.63, 3.8) is 0 Å². The summed E-state index contributed by atoms with van der Waals surface area (Å²) in [5, 5.41) is 3.35. The fourth-order valence-electron chi connectivity index (χ4n) is 2.29. The molecule has 0 spiro atoms. The van der Waals surface area contributed by atoms with Crippen LogP contribution >= 0.6 is 11.8 Å². The molecule has 0 saturated heterocycles. The van der Waals surface area contributed by atoms with Gasteiger partial charge in [-0.25, -0.2) is 4.98 Å². The van der Waals surface area contributed by atoms with Gasteiger partial charge in [-0.15, -0.1) is 13.2 Å². The highest BCUT2D eigenvalue weighted by Gasteiger charge is 2.31. The lowest BCUT2D eigenvalue weighted by Gasteiger charge is -2.11. The topological polar surface area (TPSA) is 51.2 Å². The zero-order valence-corrected chi connectivity index (χ0v) is 15.5. The summed E-state index contributed by atoms with van der Waals surface area (Å²) in [5.41, 5.74) is 1.84. The third-order valence-corrected chi connectivity index (χ3v) is 4.63. The fraction of sp³-hybridized carbons (Fsp3) is 0.100. The van der Waals surface area contributed by atoms with Crippen LogP contribution in [-0.4, -0.2) is 17.3 Å². The van der Waals surface area contributed by atoms with E-state index in [0.29, 0.717) is 10.7 Å². The van der Waals surface area contributed by atoms with E-state index in [0.717, 1.165) is 22.6 Å². The number of halogens is 3. The molecule has 0 fully saturated rings. The smallest absolute Gasteiger partial charge is 0.406 e. The van der Waals surface area contributed by atoms with Crippen molar-refractivity contribution in [1.82, 2.24) is 4.98 Å². The normalized spacial score (nSPS) is 11.1. The summed E-state index contributed by atoms with van der Waals surface area (Å²) in [6.07, 6.45) is -3.16. The second-order valence-electron chi connectivity index (χ2n) is 5.80. The molecule has 1 heterocycles. The van der Waals surface area contributed by atoms with Gasteiger partial charge in [0, 0.05) is 16.7 Å². The first-order valence-electron chi connectivity index (χ1n) is 8.17. The molecule has 0 saturated carbocycles. The molecule has 4 nitrogen and oxygen atoms in total. The van der Waals surface area contributed by atoms with Crippen LogP contribution < -0.4 is 10.1 Å². The predicted octanol–water partition coefficient (Wildman–Crippen LogP) is 5.69. The summed E-state index contributed by atoms with van der Waals surface area (Å²) in [6.45, 7) is 1.99. The van der Waals surface area contributed by atoms with Crippen molar-refractivity contribution in [1.29, 1.82) is 0 Å². The number of nitrogens with one attached hydrogen (secondary N) is 1. The van der Waals surface area contributed by atoms with Gasteiger partial charge >= 0.3 is 6.36 Å². The van der Waals surface area contributed by atoms with E-state index in [2.05, 4.69) is 15.0 Å². The van der Waals surface area contributed by atoms with Crippen molar-refractivity contribution in [2.45, 2.75) is 23.2 Å². The van der Waals surface area contributed by atoms with Gasteiger partial charge in [-0.1, -0.05) is 29.5 Å². The number of hydrogen-bond donors (Lipinski definition) is 1. The van der Waals surface area contributed by atoms with E-state index in [4.69, 9.17) is 0 Å². The SMILES string of the molecule is Cc1ccc(Sc2ncccc2NC(=O)c2ccc(OC(F)(F)F)cc2)cc1. The number of nitrogens with zero attached hydrogens (tertiary/aromatic N) is 1. The van der Waals surface area contributed by atoms with Crippen molar-refractivity contribution in [2.24, 2.45) is 0 Å². The van der Waals surface area contributed by atoms with Crippen LogP contribution in [0.4, 0.5) is 18.9 Å². The summed E-state index contributed by atoms with van der Waals surface area (Å²) in [7, 11) is 0. The molecule has 0 radical (unpaired) electrons. The van der Waals surface area contributed by atoms with Gasteiger partial charge in [0.05, 0.1) is 5.69 Å². The Morgan fingerprint density at radius 3 is 2.36 bits per heavy atom. The largest absolute Gasteiger partial charge is 0.573 e. The Kier molecular flexibility index (Phi) is 5.89. The first kappa shape index (κ1) is 19.8. The Morgan fingerprint density at radius 1 is 1.04 bits per heavy atom. The summed E-state index contributed by atoms with van der Waals surface area (Å²) in [6, 6.07) is 16.0. The van der Waals surface area contributed by atoms with Gasteiger partial charge in [0.25, 0.3) is 5.91 Å². The Balaban J connectivity index is 1.73. The van der Waals surface area contributed by atoms with Crippen molar-refractivity contribution < 1.29 is 22.7 Å². The number of carbonyl (C=O) groups excluding carboxylic acids is 1. The van der Waals surface area contributed by atoms with Gasteiger partial charge in [-0.3, -0.25) is 4.79 Å². The van der Waals surface area contributed by atoms with Gasteiger partial charge in [0.1, 0.15) is 10.8 Å². The van der Waals surface area contributed by atoms with Crippen LogP contribution in [0.25, 0.3) is 0 Å². The second-order valence-corrected chi connectivity index (χ2v) is 6.86. The third kappa shape index (κ3) is 5.50. The van der Waals surface area contributed by atoms with Gasteiger partial charge < -0.3 is 10.1 Å². The maximum absolute atomic E-state index is 12.4. The number of hydrogen-bond acceptors (Lipinski definition) is 4. The number of rotatable bonds is 5. The van der Waals surface area contributed by atoms with E-state index in [9.17, 15) is 18.0 Å². The summed E-state index contributed by atoms with van der Waals surface area (Å²) in [5.74, 6) is -0.849. The molecule has 0 bridgehead atoms. The molecule has 0 aliphatic heterocycles. The highest BCUT2D eigenvalue weighted by Crippen LogP contribution is 2.32. The van der Waals surface area contributed by atoms with Crippen LogP contribution in [0.5, 0.6) is 5.75 Å². The minimum absolute atomic E-state index is 0.199. The first-order valence-corrected chi connectivity index (χ1v) is 8.98. The van der Waals surface area contributed by atoms with Gasteiger partial charge in [0.15, 0.2) is 0 Å². The van der Waals surface area contributed by atoms with Crippen LogP contribution in [0.1, 0.15) is 15.9 Å². The zero-order chi connectivity index (χ0) is 20.1. The molecule has 1 amide bonds. The lowest BCUT2D eigenvalue weighted by Crippen LogP contribution is -2.17. The molecule has 0 atom stereocenters. The lowest BCUT2D eigenvalue weighted by atomic mass is 10.2. The molecule has 0 unspecified atom stereocenters. The number of anilines is 1. The Bertz CT molecular complexity index is 958. The summed E-state index contributed by atoms with van der Waals surface area (Å²) in [4.78, 5) is 17.7. The molecule has 3 aromatic rings. The number of aromatic nitrogens is 1. The standard InChI is InChI=1S/C20H15F3N2O2S/c1-13-4-10-16(11-5-13)28-19-17(3-2-12-24-19)25-18(26)14-6-8-15(9-7-14)27-20(21,22)23/h2-12H,1H3,(H,25,26). The zero-order valence-electron chi connectivity index (χ0n) is 14.7. The molecule has 2 aromatic carbocycles. The number of benzene rings is 2. The number of carbonyl (C=O) groups is 1. The van der Waals surface area contributed by atoms with Crippen molar-refractivity contribution in [3.8, 4) is 5.75 Å². The molecular formula is C20H15F3N2O2S. The van der Waals surface area contributed by atoms with Crippen molar-refractivity contribution in [2.75, 3.05) is 5.32 Å². The highest BCUT2D eigenvalue weighted by molar-refractivity contribution is 7.99. The lowest BCUT2D eigenvalue weighted by molar-refractivity contribution is -0.274. The van der Waals surface area contributed by atoms with E-state index in [1.165, 1.54) is 23.9 Å². The maximum Gasteiger partial charge on any atom is 0.573 e. The fourth-order valence-corrected chi connectivity index (χ4v) is 3.13. The number of aryl methyl sites for hydroxylation is 1. The van der Waals surface area contributed by atoms with E-state index in [1.54, 1.807) is 18.3 Å². The summed E-state index contributed by atoms with van der Waals surface area (Å²) < 4.78 is 40.5. The Labute approximate surface area is 163 Å². The average molecular weight is 404 g/mol. The Hall–Kier alpha value is -3.00. The quantitative estimate of drug-likeness (QED) is 0.593. The molecule has 1 aromatic heterocycles. The van der Waals surface area contributed by atoms with E-state index >= 15 is 0 Å². The number of alkyl halides is 3. The van der Waals surface area contributed by atoms with E-state index < -0.39 is 12.3 Å². The number of pyridine rings is 1. The predicted molar refractivity (Wildman–Crippen MR) is 101 cm³/mol. The Morgan fingerprint density at radius 2 is 1.71 bits per heavy atom. The molecule has 28 heavy (non-hydrogen) atoms. The minimum atomic E-state index is -4.78. The highest BCUT2D eigenvalue weighted by atomic mass is 32.2. The molecule has 0 aliphatic rings. The molecule has 8 heteroatoms. The van der Waals surface area contributed by atoms with Gasteiger partial charge in [-0.05, 0) is 55.5 Å². The average Bonchev–Trinajstić information content (AvgIpc) is 2.64. The maximum atomic E-state index is 12.4. The molecule has 144 valence electrons. The number of amides is 1. The monoisotopic (exact) mass is 404 g/mol. The molecule has 1 N–H and O–H groups in total. The summed E-state index contributed by atoms with van der Waals surface area (Å²) >= 11 is 1.40. The van der Waals surface area contributed by atoms with Crippen LogP contribution in [0, 0.1) is 6.92 Å². The van der Waals surface area contributed by atoms with Crippen LogP contribution in [-0.2, 0) is 0 Å². The van der Waals surface area contributed by atoms with Gasteiger partial charge in [-0.2, -0.15) is 0 Å². The molecule has 0 aliphatic carbocycles. The van der Waals surface area contributed by atoms with Crippen LogP contribution in [0.2, 0.25) is 0 Å². The van der Waals surface area contributed by atoms with E-state index in [-0.39, 0.29) is 11.3 Å². The van der Waals surface area contributed by atoms with E-state index in [1.807, 2.05) is 31.2 Å². The molecule has 3 rings (SSSR count). The van der Waals surface area contributed by atoms with Crippen LogP contribution in [0.15, 0.2) is 76.8 Å². The first-order chi connectivity index (χ1) is 13.3. The van der Waals surface area contributed by atoms with Crippen molar-refractivity contribution in [3.05, 3.63) is 78.0 Å². The van der Waals surface area contributed by atoms with Crippen molar-refractivity contribution >= 4 is 23.4 Å².